The topological polar surface area (TPSA) is 51.3 Å². The molecule has 0 radical (unpaired) electrons. The van der Waals surface area contributed by atoms with Crippen molar-refractivity contribution in [3.05, 3.63) is 42.4 Å². The minimum absolute atomic E-state index is 0.0683. The Hall–Kier alpha value is -2.04. The minimum Gasteiger partial charge on any atom is -0.472 e. The number of furan rings is 1. The van der Waals surface area contributed by atoms with E-state index in [0.29, 0.717) is 11.5 Å². The molecule has 0 unspecified atom stereocenters. The van der Waals surface area contributed by atoms with Crippen molar-refractivity contribution in [2.45, 2.75) is 38.1 Å². The molecule has 116 valence electrons. The third-order valence-corrected chi connectivity index (χ3v) is 4.74. The van der Waals surface area contributed by atoms with Crippen molar-refractivity contribution in [2.24, 2.45) is 5.92 Å². The van der Waals surface area contributed by atoms with Gasteiger partial charge in [-0.3, -0.25) is 4.79 Å². The van der Waals surface area contributed by atoms with Crippen molar-refractivity contribution in [1.29, 1.82) is 0 Å². The summed E-state index contributed by atoms with van der Waals surface area (Å²) in [5, 5.41) is 0. The number of imidazole rings is 1. The molecule has 5 heteroatoms. The lowest BCUT2D eigenvalue weighted by Crippen LogP contribution is -2.39. The van der Waals surface area contributed by atoms with Gasteiger partial charge in [-0.1, -0.05) is 0 Å². The van der Waals surface area contributed by atoms with Gasteiger partial charge in [0.05, 0.1) is 11.8 Å². The summed E-state index contributed by atoms with van der Waals surface area (Å²) >= 11 is 0. The number of carbonyl (C=O) groups is 1. The van der Waals surface area contributed by atoms with Gasteiger partial charge < -0.3 is 13.9 Å². The van der Waals surface area contributed by atoms with Crippen molar-refractivity contribution in [1.82, 2.24) is 14.5 Å². The predicted molar refractivity (Wildman–Crippen MR) is 81.5 cm³/mol. The highest BCUT2D eigenvalue weighted by molar-refractivity contribution is 5.93. The molecule has 3 heterocycles. The Morgan fingerprint density at radius 3 is 3.05 bits per heavy atom. The van der Waals surface area contributed by atoms with Gasteiger partial charge in [-0.15, -0.1) is 0 Å². The number of hydrogen-bond acceptors (Lipinski definition) is 3. The van der Waals surface area contributed by atoms with Crippen LogP contribution in [-0.4, -0.2) is 33.4 Å². The van der Waals surface area contributed by atoms with Crippen LogP contribution in [0, 0.1) is 5.92 Å². The van der Waals surface area contributed by atoms with Crippen LogP contribution < -0.4 is 0 Å². The van der Waals surface area contributed by atoms with Crippen LogP contribution in [0.1, 0.15) is 47.8 Å². The highest BCUT2D eigenvalue weighted by Crippen LogP contribution is 2.33. The van der Waals surface area contributed by atoms with E-state index in [1.807, 2.05) is 11.1 Å². The molecule has 0 aromatic carbocycles. The van der Waals surface area contributed by atoms with Crippen LogP contribution in [0.4, 0.5) is 0 Å². The first-order chi connectivity index (χ1) is 10.8. The van der Waals surface area contributed by atoms with Crippen LogP contribution in [0.25, 0.3) is 0 Å². The Kier molecular flexibility index (Phi) is 3.48. The lowest BCUT2D eigenvalue weighted by molar-refractivity contribution is 0.0702. The molecule has 0 bridgehead atoms. The van der Waals surface area contributed by atoms with Crippen molar-refractivity contribution in [2.75, 3.05) is 13.1 Å². The zero-order valence-corrected chi connectivity index (χ0v) is 12.6. The Labute approximate surface area is 129 Å². The SMILES string of the molecule is O=C(c1ccoc1)N1CCC[C@H](c2nccn2CC2CC2)C1. The summed E-state index contributed by atoms with van der Waals surface area (Å²) in [5.41, 5.74) is 0.641. The smallest absolute Gasteiger partial charge is 0.257 e. The highest BCUT2D eigenvalue weighted by Gasteiger charge is 2.30. The van der Waals surface area contributed by atoms with Crippen LogP contribution in [0.3, 0.4) is 0 Å². The normalized spacial score (nSPS) is 22.0. The molecule has 4 rings (SSSR count). The van der Waals surface area contributed by atoms with E-state index in [0.717, 1.165) is 44.2 Å². The molecule has 1 saturated carbocycles. The Morgan fingerprint density at radius 1 is 1.36 bits per heavy atom. The summed E-state index contributed by atoms with van der Waals surface area (Å²) in [6.07, 6.45) is 11.9. The number of amides is 1. The standard InChI is InChI=1S/C17H21N3O2/c21-17(15-5-9-22-12-15)20-7-1-2-14(11-20)16-18-6-8-19(16)10-13-3-4-13/h5-6,8-9,12-14H,1-4,7,10-11H2/t14-/m0/s1. The number of aromatic nitrogens is 2. The minimum atomic E-state index is 0.0683. The monoisotopic (exact) mass is 299 g/mol. The summed E-state index contributed by atoms with van der Waals surface area (Å²) in [6, 6.07) is 1.74. The van der Waals surface area contributed by atoms with Crippen LogP contribution in [0.15, 0.2) is 35.4 Å². The average molecular weight is 299 g/mol. The van der Waals surface area contributed by atoms with E-state index in [1.165, 1.54) is 19.1 Å². The number of rotatable bonds is 4. The van der Waals surface area contributed by atoms with Gasteiger partial charge in [0.25, 0.3) is 5.91 Å². The van der Waals surface area contributed by atoms with Crippen molar-refractivity contribution in [3.8, 4) is 0 Å². The maximum absolute atomic E-state index is 12.5. The molecule has 1 atom stereocenters. The van der Waals surface area contributed by atoms with Crippen LogP contribution in [-0.2, 0) is 6.54 Å². The third kappa shape index (κ3) is 2.67. The predicted octanol–water partition coefficient (Wildman–Crippen LogP) is 2.91. The molecule has 2 aromatic rings. The first-order valence-electron chi connectivity index (χ1n) is 8.14. The summed E-state index contributed by atoms with van der Waals surface area (Å²) in [7, 11) is 0. The Morgan fingerprint density at radius 2 is 2.27 bits per heavy atom. The van der Waals surface area contributed by atoms with E-state index >= 15 is 0 Å². The van der Waals surface area contributed by atoms with Gasteiger partial charge >= 0.3 is 0 Å². The number of piperidine rings is 1. The van der Waals surface area contributed by atoms with Crippen LogP contribution in [0.2, 0.25) is 0 Å². The molecule has 1 amide bonds. The largest absolute Gasteiger partial charge is 0.472 e. The molecule has 2 aromatic heterocycles. The molecule has 1 saturated heterocycles. The molecule has 2 aliphatic rings. The summed E-state index contributed by atoms with van der Waals surface area (Å²) in [5.74, 6) is 2.40. The Balaban J connectivity index is 1.48. The number of carbonyl (C=O) groups excluding carboxylic acids is 1. The first kappa shape index (κ1) is 13.6. The van der Waals surface area contributed by atoms with Crippen molar-refractivity contribution < 1.29 is 9.21 Å². The van der Waals surface area contributed by atoms with Crippen LogP contribution >= 0.6 is 0 Å². The van der Waals surface area contributed by atoms with Crippen molar-refractivity contribution in [3.63, 3.8) is 0 Å². The maximum atomic E-state index is 12.5. The van der Waals surface area contributed by atoms with Gasteiger partial charge in [-0.2, -0.15) is 0 Å². The lowest BCUT2D eigenvalue weighted by Gasteiger charge is -2.32. The second kappa shape index (κ2) is 5.63. The average Bonchev–Trinajstić information content (AvgIpc) is 3.04. The van der Waals surface area contributed by atoms with Gasteiger partial charge in [0, 0.05) is 37.9 Å². The van der Waals surface area contributed by atoms with Gasteiger partial charge in [0.1, 0.15) is 12.1 Å². The summed E-state index contributed by atoms with van der Waals surface area (Å²) in [4.78, 5) is 19.0. The molecule has 2 fully saturated rings. The summed E-state index contributed by atoms with van der Waals surface area (Å²) < 4.78 is 7.33. The fraction of sp³-hybridized carbons (Fsp3) is 0.529. The Bertz CT molecular complexity index is 643. The molecule has 1 aliphatic carbocycles. The van der Waals surface area contributed by atoms with E-state index in [9.17, 15) is 4.79 Å². The third-order valence-electron chi connectivity index (χ3n) is 4.74. The van der Waals surface area contributed by atoms with E-state index in [4.69, 9.17) is 4.42 Å². The maximum Gasteiger partial charge on any atom is 0.257 e. The lowest BCUT2D eigenvalue weighted by atomic mass is 9.96. The van der Waals surface area contributed by atoms with E-state index in [2.05, 4.69) is 15.7 Å². The first-order valence-corrected chi connectivity index (χ1v) is 8.14. The quantitative estimate of drug-likeness (QED) is 0.872. The van der Waals surface area contributed by atoms with Gasteiger partial charge in [-0.25, -0.2) is 4.98 Å². The zero-order valence-electron chi connectivity index (χ0n) is 12.6. The molecule has 5 nitrogen and oxygen atoms in total. The molecule has 0 N–H and O–H groups in total. The molecule has 22 heavy (non-hydrogen) atoms. The van der Waals surface area contributed by atoms with E-state index < -0.39 is 0 Å². The number of likely N-dealkylation sites (tertiary alicyclic amines) is 1. The zero-order chi connectivity index (χ0) is 14.9. The molecule has 1 aliphatic heterocycles. The second-order valence-corrected chi connectivity index (χ2v) is 6.48. The molecule has 0 spiro atoms. The van der Waals surface area contributed by atoms with Gasteiger partial charge in [-0.05, 0) is 37.7 Å². The fourth-order valence-electron chi connectivity index (χ4n) is 3.35. The van der Waals surface area contributed by atoms with E-state index in [-0.39, 0.29) is 5.91 Å². The fourth-order valence-corrected chi connectivity index (χ4v) is 3.35. The van der Waals surface area contributed by atoms with E-state index in [1.54, 1.807) is 12.3 Å². The van der Waals surface area contributed by atoms with Gasteiger partial charge in [0.15, 0.2) is 0 Å². The van der Waals surface area contributed by atoms with Gasteiger partial charge in [0.2, 0.25) is 0 Å². The number of hydrogen-bond donors (Lipinski definition) is 0. The highest BCUT2D eigenvalue weighted by atomic mass is 16.3. The molecular formula is C17H21N3O2. The second-order valence-electron chi connectivity index (χ2n) is 6.48. The van der Waals surface area contributed by atoms with Crippen LogP contribution in [0.5, 0.6) is 0 Å². The van der Waals surface area contributed by atoms with Crippen molar-refractivity contribution >= 4 is 5.91 Å². The molecular weight excluding hydrogens is 278 g/mol. The number of nitrogens with zero attached hydrogens (tertiary/aromatic N) is 3. The summed E-state index contributed by atoms with van der Waals surface area (Å²) in [6.45, 7) is 2.66.